The summed E-state index contributed by atoms with van der Waals surface area (Å²) in [5, 5.41) is 6.67. The van der Waals surface area contributed by atoms with Crippen molar-refractivity contribution >= 4 is 5.96 Å². The van der Waals surface area contributed by atoms with Crippen molar-refractivity contribution in [3.05, 3.63) is 23.8 Å². The number of fused-ring (bicyclic) bond motifs is 1. The molecule has 0 saturated carbocycles. The highest BCUT2D eigenvalue weighted by Crippen LogP contribution is 2.32. The number of nitrogens with one attached hydrogen (secondary N) is 2. The van der Waals surface area contributed by atoms with Gasteiger partial charge in [0.25, 0.3) is 0 Å². The Balaban J connectivity index is 1.24. The molecule has 2 N–H and O–H groups in total. The largest absolute Gasteiger partial charge is 0.454 e. The van der Waals surface area contributed by atoms with E-state index >= 15 is 0 Å². The zero-order valence-electron chi connectivity index (χ0n) is 16.2. The number of guanidine groups is 1. The van der Waals surface area contributed by atoms with Crippen LogP contribution in [-0.4, -0.2) is 59.3 Å². The van der Waals surface area contributed by atoms with Crippen molar-refractivity contribution in [2.45, 2.75) is 25.7 Å². The van der Waals surface area contributed by atoms with E-state index in [1.807, 2.05) is 12.1 Å². The molecule has 1 fully saturated rings. The predicted octanol–water partition coefficient (Wildman–Crippen LogP) is 1.96. The van der Waals surface area contributed by atoms with Gasteiger partial charge in [-0.1, -0.05) is 6.07 Å². The minimum absolute atomic E-state index is 0.312. The second-order valence-corrected chi connectivity index (χ2v) is 6.85. The van der Waals surface area contributed by atoms with Gasteiger partial charge in [-0.3, -0.25) is 4.99 Å². The Morgan fingerprint density at radius 1 is 1.15 bits per heavy atom. The van der Waals surface area contributed by atoms with Crippen molar-refractivity contribution in [1.29, 1.82) is 0 Å². The number of hydrogen-bond acceptors (Lipinski definition) is 5. The van der Waals surface area contributed by atoms with Gasteiger partial charge in [0.15, 0.2) is 17.5 Å². The minimum Gasteiger partial charge on any atom is -0.454 e. The second-order valence-electron chi connectivity index (χ2n) is 6.85. The lowest BCUT2D eigenvalue weighted by Gasteiger charge is -2.21. The lowest BCUT2D eigenvalue weighted by molar-refractivity contribution is 0.0203. The van der Waals surface area contributed by atoms with E-state index in [-0.39, 0.29) is 0 Å². The van der Waals surface area contributed by atoms with Crippen LogP contribution in [0, 0.1) is 5.92 Å². The van der Waals surface area contributed by atoms with E-state index in [0.29, 0.717) is 12.7 Å². The summed E-state index contributed by atoms with van der Waals surface area (Å²) in [7, 11) is 1.79. The fourth-order valence-corrected chi connectivity index (χ4v) is 3.19. The smallest absolute Gasteiger partial charge is 0.231 e. The third-order valence-corrected chi connectivity index (χ3v) is 4.82. The molecular formula is C20H31N3O4. The van der Waals surface area contributed by atoms with Crippen LogP contribution in [-0.2, 0) is 15.9 Å². The van der Waals surface area contributed by atoms with Crippen LogP contribution in [0.5, 0.6) is 11.5 Å². The van der Waals surface area contributed by atoms with Crippen molar-refractivity contribution in [2.75, 3.05) is 53.4 Å². The molecule has 0 radical (unpaired) electrons. The lowest BCUT2D eigenvalue weighted by Crippen LogP contribution is -2.39. The van der Waals surface area contributed by atoms with E-state index in [4.69, 9.17) is 18.9 Å². The molecule has 0 bridgehead atoms. The Kier molecular flexibility index (Phi) is 8.04. The van der Waals surface area contributed by atoms with Crippen LogP contribution in [0.3, 0.4) is 0 Å². The number of hydrogen-bond donors (Lipinski definition) is 2. The normalized spacial score (nSPS) is 17.1. The Morgan fingerprint density at radius 3 is 2.81 bits per heavy atom. The molecule has 7 nitrogen and oxygen atoms in total. The van der Waals surface area contributed by atoms with E-state index in [1.54, 1.807) is 7.05 Å². The molecule has 0 unspecified atom stereocenters. The van der Waals surface area contributed by atoms with E-state index < -0.39 is 0 Å². The van der Waals surface area contributed by atoms with Crippen molar-refractivity contribution in [3.8, 4) is 11.5 Å². The van der Waals surface area contributed by atoms with Crippen molar-refractivity contribution < 1.29 is 18.9 Å². The van der Waals surface area contributed by atoms with Gasteiger partial charge in [0, 0.05) is 46.6 Å². The van der Waals surface area contributed by atoms with Crippen molar-refractivity contribution in [1.82, 2.24) is 10.6 Å². The van der Waals surface area contributed by atoms with Gasteiger partial charge in [0.05, 0.1) is 0 Å². The first-order chi connectivity index (χ1) is 13.3. The van der Waals surface area contributed by atoms with Gasteiger partial charge < -0.3 is 29.6 Å². The van der Waals surface area contributed by atoms with Gasteiger partial charge in [-0.15, -0.1) is 0 Å². The van der Waals surface area contributed by atoms with Gasteiger partial charge in [0.1, 0.15) is 0 Å². The Morgan fingerprint density at radius 2 is 1.96 bits per heavy atom. The van der Waals surface area contributed by atoms with E-state index in [0.717, 1.165) is 82.7 Å². The highest BCUT2D eigenvalue weighted by atomic mass is 16.7. The standard InChI is InChI=1S/C20H31N3O4/c1-21-20(22-8-2-10-25-14-17-6-11-24-12-7-17)23-9-5-16-3-4-18-19(13-16)27-15-26-18/h3-4,13,17H,2,5-12,14-15H2,1H3,(H2,21,22,23). The van der Waals surface area contributed by atoms with Crippen molar-refractivity contribution in [2.24, 2.45) is 10.9 Å². The van der Waals surface area contributed by atoms with Gasteiger partial charge in [-0.2, -0.15) is 0 Å². The fourth-order valence-electron chi connectivity index (χ4n) is 3.19. The summed E-state index contributed by atoms with van der Waals surface area (Å²) in [5.41, 5.74) is 1.21. The average molecular weight is 377 g/mol. The molecule has 3 rings (SSSR count). The van der Waals surface area contributed by atoms with Crippen LogP contribution in [0.25, 0.3) is 0 Å². The third-order valence-electron chi connectivity index (χ3n) is 4.82. The molecule has 0 aromatic heterocycles. The first-order valence-corrected chi connectivity index (χ1v) is 9.83. The molecule has 1 saturated heterocycles. The SMILES string of the molecule is CN=C(NCCCOCC1CCOCC1)NCCc1ccc2c(c1)OCO2. The van der Waals surface area contributed by atoms with Crippen LogP contribution in [0.2, 0.25) is 0 Å². The average Bonchev–Trinajstić information content (AvgIpc) is 3.18. The van der Waals surface area contributed by atoms with E-state index in [9.17, 15) is 0 Å². The van der Waals surface area contributed by atoms with Gasteiger partial charge >= 0.3 is 0 Å². The topological polar surface area (TPSA) is 73.3 Å². The summed E-state index contributed by atoms with van der Waals surface area (Å²) in [6.45, 7) is 5.35. The number of benzene rings is 1. The molecule has 2 aliphatic heterocycles. The zero-order valence-corrected chi connectivity index (χ0v) is 16.2. The summed E-state index contributed by atoms with van der Waals surface area (Å²) < 4.78 is 21.9. The highest BCUT2D eigenvalue weighted by molar-refractivity contribution is 5.79. The Labute approximate surface area is 161 Å². The molecule has 0 spiro atoms. The van der Waals surface area contributed by atoms with Crippen LogP contribution in [0.15, 0.2) is 23.2 Å². The summed E-state index contributed by atoms with van der Waals surface area (Å²) in [6.07, 6.45) is 4.11. The maximum Gasteiger partial charge on any atom is 0.231 e. The first-order valence-electron chi connectivity index (χ1n) is 9.83. The number of ether oxygens (including phenoxy) is 4. The monoisotopic (exact) mass is 377 g/mol. The number of rotatable bonds is 9. The zero-order chi connectivity index (χ0) is 18.7. The molecule has 1 aromatic carbocycles. The van der Waals surface area contributed by atoms with Gasteiger partial charge in [0.2, 0.25) is 6.79 Å². The van der Waals surface area contributed by atoms with Crippen molar-refractivity contribution in [3.63, 3.8) is 0 Å². The quantitative estimate of drug-likeness (QED) is 0.389. The lowest BCUT2D eigenvalue weighted by atomic mass is 10.0. The highest BCUT2D eigenvalue weighted by Gasteiger charge is 2.14. The van der Waals surface area contributed by atoms with E-state index in [1.165, 1.54) is 5.56 Å². The van der Waals surface area contributed by atoms with E-state index in [2.05, 4.69) is 21.7 Å². The van der Waals surface area contributed by atoms with Crippen LogP contribution in [0.1, 0.15) is 24.8 Å². The Bertz CT molecular complexity index is 603. The maximum absolute atomic E-state index is 5.79. The summed E-state index contributed by atoms with van der Waals surface area (Å²) in [5.74, 6) is 3.14. The molecule has 2 aliphatic rings. The van der Waals surface area contributed by atoms with Gasteiger partial charge in [-0.05, 0) is 49.3 Å². The molecular weight excluding hydrogens is 346 g/mol. The first kappa shape index (κ1) is 19.8. The molecule has 7 heteroatoms. The maximum atomic E-state index is 5.79. The molecule has 0 atom stereocenters. The molecule has 1 aromatic rings. The summed E-state index contributed by atoms with van der Waals surface area (Å²) >= 11 is 0. The predicted molar refractivity (Wildman–Crippen MR) is 105 cm³/mol. The summed E-state index contributed by atoms with van der Waals surface area (Å²) in [4.78, 5) is 4.26. The molecule has 0 aliphatic carbocycles. The van der Waals surface area contributed by atoms with Crippen LogP contribution < -0.4 is 20.1 Å². The Hall–Kier alpha value is -1.99. The second kappa shape index (κ2) is 11.0. The number of aliphatic imine (C=N–C) groups is 1. The molecule has 0 amide bonds. The number of nitrogens with zero attached hydrogens (tertiary/aromatic N) is 1. The van der Waals surface area contributed by atoms with Crippen LogP contribution >= 0.6 is 0 Å². The molecule has 2 heterocycles. The fraction of sp³-hybridized carbons (Fsp3) is 0.650. The van der Waals surface area contributed by atoms with Gasteiger partial charge in [-0.25, -0.2) is 0 Å². The van der Waals surface area contributed by atoms with Crippen LogP contribution in [0.4, 0.5) is 0 Å². The molecule has 150 valence electrons. The minimum atomic E-state index is 0.312. The summed E-state index contributed by atoms with van der Waals surface area (Å²) in [6, 6.07) is 6.07. The molecule has 27 heavy (non-hydrogen) atoms. The third kappa shape index (κ3) is 6.59.